The van der Waals surface area contributed by atoms with E-state index in [1.807, 2.05) is 150 Å². The van der Waals surface area contributed by atoms with E-state index < -0.39 is 5.97 Å². The van der Waals surface area contributed by atoms with E-state index in [0.29, 0.717) is 26.3 Å². The third-order valence-electron chi connectivity index (χ3n) is 13.1. The SMILES string of the molecule is CCN(Cc1ccc(OCCc2nc(-c3ccccc3)sc2C)cc1)Cc1ccc(Oc2ccccc2)cc1.Cc1sc(-c2ccccc2)nc1CCOc1ccc(CN(CC(=O)O)Cc2ccc(Oc3ccccc3)cc2)cc1. The third kappa shape index (κ3) is 17.3. The smallest absolute Gasteiger partial charge is 0.317 e. The van der Waals surface area contributed by atoms with Gasteiger partial charge in [0.2, 0.25) is 0 Å². The summed E-state index contributed by atoms with van der Waals surface area (Å²) in [6.45, 7) is 11.3. The molecule has 10 nitrogen and oxygen atoms in total. The Balaban J connectivity index is 0.000000194. The maximum Gasteiger partial charge on any atom is 0.317 e. The van der Waals surface area contributed by atoms with E-state index >= 15 is 0 Å². The first kappa shape index (κ1) is 56.3. The number of aryl methyl sites for hydroxylation is 2. The molecular formula is C68H66N4O6S2. The average molecular weight is 1100 g/mol. The first-order valence-electron chi connectivity index (χ1n) is 26.9. The van der Waals surface area contributed by atoms with Gasteiger partial charge in [-0.05, 0) is 115 Å². The first-order chi connectivity index (χ1) is 39.2. The van der Waals surface area contributed by atoms with Gasteiger partial charge in [0.1, 0.15) is 44.5 Å². The lowest BCUT2D eigenvalue weighted by molar-refractivity contribution is -0.138. The fourth-order valence-electron chi connectivity index (χ4n) is 8.89. The van der Waals surface area contributed by atoms with E-state index in [2.05, 4.69) is 98.5 Å². The number of aliphatic carboxylic acids is 1. The molecule has 1 N–H and O–H groups in total. The molecule has 2 aromatic heterocycles. The van der Waals surface area contributed by atoms with Crippen molar-refractivity contribution in [3.63, 3.8) is 0 Å². The van der Waals surface area contributed by atoms with E-state index in [4.69, 9.17) is 28.9 Å². The number of carboxylic acid groups (broad SMARTS) is 1. The van der Waals surface area contributed by atoms with Gasteiger partial charge in [-0.2, -0.15) is 0 Å². The van der Waals surface area contributed by atoms with Gasteiger partial charge in [0.15, 0.2) is 0 Å². The monoisotopic (exact) mass is 1100 g/mol. The fourth-order valence-corrected chi connectivity index (χ4v) is 10.8. The lowest BCUT2D eigenvalue weighted by Gasteiger charge is -2.21. The minimum atomic E-state index is -0.860. The number of aromatic nitrogens is 2. The molecule has 0 atom stereocenters. The molecule has 0 spiro atoms. The average Bonchev–Trinajstić information content (AvgIpc) is 4.06. The van der Waals surface area contributed by atoms with Crippen molar-refractivity contribution in [2.45, 2.75) is 59.8 Å². The molecule has 0 aliphatic heterocycles. The molecule has 10 aromatic rings. The molecular weight excluding hydrogens is 1030 g/mol. The van der Waals surface area contributed by atoms with Gasteiger partial charge in [-0.15, -0.1) is 22.7 Å². The highest BCUT2D eigenvalue weighted by molar-refractivity contribution is 7.15. The van der Waals surface area contributed by atoms with E-state index in [9.17, 15) is 9.90 Å². The van der Waals surface area contributed by atoms with Crippen molar-refractivity contribution in [1.82, 2.24) is 19.8 Å². The maximum absolute atomic E-state index is 11.6. The van der Waals surface area contributed by atoms with Crippen LogP contribution >= 0.6 is 22.7 Å². The Labute approximate surface area is 478 Å². The van der Waals surface area contributed by atoms with Gasteiger partial charge in [-0.1, -0.05) is 153 Å². The molecule has 10 rings (SSSR count). The van der Waals surface area contributed by atoms with Gasteiger partial charge in [-0.25, -0.2) is 9.97 Å². The number of carbonyl (C=O) groups is 1. The third-order valence-corrected chi connectivity index (χ3v) is 15.2. The van der Waals surface area contributed by atoms with Crippen LogP contribution in [-0.4, -0.2) is 57.1 Å². The summed E-state index contributed by atoms with van der Waals surface area (Å²) >= 11 is 3.45. The zero-order valence-electron chi connectivity index (χ0n) is 45.4. The number of thiazole rings is 2. The first-order valence-corrected chi connectivity index (χ1v) is 28.6. The van der Waals surface area contributed by atoms with Crippen LogP contribution in [0.4, 0.5) is 0 Å². The van der Waals surface area contributed by atoms with E-state index in [1.165, 1.54) is 26.4 Å². The van der Waals surface area contributed by atoms with Gasteiger partial charge in [-0.3, -0.25) is 14.6 Å². The van der Waals surface area contributed by atoms with Crippen molar-refractivity contribution in [2.75, 3.05) is 26.3 Å². The van der Waals surface area contributed by atoms with Gasteiger partial charge in [0.05, 0.1) is 31.1 Å². The van der Waals surface area contributed by atoms with Gasteiger partial charge < -0.3 is 24.1 Å². The topological polar surface area (TPSA) is 106 Å². The lowest BCUT2D eigenvalue weighted by atomic mass is 10.1. The maximum atomic E-state index is 11.6. The largest absolute Gasteiger partial charge is 0.493 e. The van der Waals surface area contributed by atoms with Crippen LogP contribution in [0.25, 0.3) is 21.1 Å². The number of carboxylic acids is 1. The minimum absolute atomic E-state index is 0.0571. The van der Waals surface area contributed by atoms with Gasteiger partial charge in [0.25, 0.3) is 0 Å². The highest BCUT2D eigenvalue weighted by Crippen LogP contribution is 2.30. The molecule has 8 aromatic carbocycles. The summed E-state index contributed by atoms with van der Waals surface area (Å²) < 4.78 is 23.8. The zero-order chi connectivity index (χ0) is 55.3. The molecule has 0 amide bonds. The van der Waals surface area contributed by atoms with Crippen molar-refractivity contribution < 1.29 is 28.8 Å². The van der Waals surface area contributed by atoms with E-state index in [-0.39, 0.29) is 6.54 Å². The molecule has 80 heavy (non-hydrogen) atoms. The Morgan fingerprint density at radius 2 is 0.738 bits per heavy atom. The van der Waals surface area contributed by atoms with Gasteiger partial charge >= 0.3 is 5.97 Å². The highest BCUT2D eigenvalue weighted by atomic mass is 32.1. The van der Waals surface area contributed by atoms with Crippen molar-refractivity contribution in [3.8, 4) is 55.6 Å². The molecule has 0 fully saturated rings. The Hall–Kier alpha value is -8.39. The quantitative estimate of drug-likeness (QED) is 0.0595. The summed E-state index contributed by atoms with van der Waals surface area (Å²) in [6.07, 6.45) is 1.54. The fraction of sp³-hybridized carbons (Fsp3) is 0.191. The predicted molar refractivity (Wildman–Crippen MR) is 323 cm³/mol. The van der Waals surface area contributed by atoms with Crippen LogP contribution in [0.5, 0.6) is 34.5 Å². The molecule has 0 aliphatic rings. The van der Waals surface area contributed by atoms with Crippen LogP contribution in [0.3, 0.4) is 0 Å². The summed E-state index contributed by atoms with van der Waals surface area (Å²) in [5.41, 5.74) is 9.06. The second-order valence-corrected chi connectivity index (χ2v) is 21.6. The zero-order valence-corrected chi connectivity index (χ0v) is 47.1. The Kier molecular flexibility index (Phi) is 20.4. The molecule has 0 unspecified atom stereocenters. The molecule has 406 valence electrons. The van der Waals surface area contributed by atoms with Crippen molar-refractivity contribution >= 4 is 28.6 Å². The molecule has 0 bridgehead atoms. The number of benzene rings is 8. The number of rotatable bonds is 25. The van der Waals surface area contributed by atoms with E-state index in [0.717, 1.165) is 105 Å². The Bertz CT molecular complexity index is 3430. The summed E-state index contributed by atoms with van der Waals surface area (Å²) in [5, 5.41) is 11.6. The number of para-hydroxylation sites is 2. The summed E-state index contributed by atoms with van der Waals surface area (Å²) in [4.78, 5) is 28.0. The van der Waals surface area contributed by atoms with Gasteiger partial charge in [0, 0.05) is 59.9 Å². The number of hydrogen-bond acceptors (Lipinski definition) is 11. The molecule has 0 radical (unpaired) electrons. The predicted octanol–water partition coefficient (Wildman–Crippen LogP) is 16.2. The Morgan fingerprint density at radius 3 is 1.07 bits per heavy atom. The van der Waals surface area contributed by atoms with Crippen LogP contribution in [0, 0.1) is 13.8 Å². The van der Waals surface area contributed by atoms with Crippen LogP contribution in [-0.2, 0) is 43.8 Å². The summed E-state index contributed by atoms with van der Waals surface area (Å²) in [6, 6.07) is 72.5. The van der Waals surface area contributed by atoms with Crippen LogP contribution in [0.15, 0.2) is 218 Å². The lowest BCUT2D eigenvalue weighted by Crippen LogP contribution is -2.28. The van der Waals surface area contributed by atoms with E-state index in [1.54, 1.807) is 22.7 Å². The number of ether oxygens (including phenoxy) is 4. The van der Waals surface area contributed by atoms with Crippen molar-refractivity contribution in [3.05, 3.63) is 262 Å². The van der Waals surface area contributed by atoms with Crippen molar-refractivity contribution in [2.24, 2.45) is 0 Å². The van der Waals surface area contributed by atoms with Crippen LogP contribution < -0.4 is 18.9 Å². The minimum Gasteiger partial charge on any atom is -0.493 e. The summed E-state index contributed by atoms with van der Waals surface area (Å²) in [5.74, 6) is 4.03. The molecule has 0 aliphatic carbocycles. The Morgan fingerprint density at radius 1 is 0.425 bits per heavy atom. The molecule has 0 saturated heterocycles. The summed E-state index contributed by atoms with van der Waals surface area (Å²) in [7, 11) is 0. The standard InChI is InChI=1S/C34H32N2O4S.C34H34N2O2S/c1-25-32(35-34(41-25)28-8-4-2-5-9-28)20-21-39-29-16-12-26(13-17-29)22-36(24-33(37)38)23-27-14-18-31(19-15-27)40-30-10-6-3-7-11-30;1-3-36(25-28-16-20-32(21-17-28)38-31-12-8-5-9-13-31)24-27-14-18-30(19-15-27)37-23-22-33-26(2)39-34(35-33)29-10-6-4-7-11-29/h2-19H,20-24H2,1H3,(H,37,38);4-21H,3,22-25H2,1-2H3. The number of hydrogen-bond donors (Lipinski definition) is 1. The van der Waals surface area contributed by atoms with Crippen molar-refractivity contribution in [1.29, 1.82) is 0 Å². The molecule has 2 heterocycles. The normalized spacial score (nSPS) is 11.0. The van der Waals surface area contributed by atoms with Crippen LogP contribution in [0.2, 0.25) is 0 Å². The second-order valence-electron chi connectivity index (χ2n) is 19.2. The second kappa shape index (κ2) is 29.0. The molecule has 0 saturated carbocycles. The number of nitrogens with zero attached hydrogens (tertiary/aromatic N) is 4. The van der Waals surface area contributed by atoms with Crippen LogP contribution in [0.1, 0.15) is 50.3 Å². The highest BCUT2D eigenvalue weighted by Gasteiger charge is 2.15. The molecule has 12 heteroatoms.